The summed E-state index contributed by atoms with van der Waals surface area (Å²) in [5, 5.41) is 3.24. The van der Waals surface area contributed by atoms with Gasteiger partial charge in [0.2, 0.25) is 10.0 Å². The summed E-state index contributed by atoms with van der Waals surface area (Å²) in [7, 11) is -3.63. The topological polar surface area (TPSA) is 73.0 Å². The van der Waals surface area contributed by atoms with Crippen LogP contribution in [-0.4, -0.2) is 74.4 Å². The predicted octanol–water partition coefficient (Wildman–Crippen LogP) is 6.19. The zero-order chi connectivity index (χ0) is 30.3. The maximum atomic E-state index is 13.4. The number of amides is 2. The van der Waals surface area contributed by atoms with Crippen molar-refractivity contribution < 1.29 is 26.4 Å². The number of urea groups is 1. The summed E-state index contributed by atoms with van der Waals surface area (Å²) in [6, 6.07) is 10.2. The molecule has 4 aliphatic rings. The largest absolute Gasteiger partial charge is 0.416 e. The van der Waals surface area contributed by atoms with Gasteiger partial charge in [0.1, 0.15) is 0 Å². The second-order valence-corrected chi connectivity index (χ2v) is 14.3. The molecule has 1 saturated carbocycles. The van der Waals surface area contributed by atoms with Gasteiger partial charge in [-0.05, 0) is 78.6 Å². The van der Waals surface area contributed by atoms with Crippen LogP contribution < -0.4 is 5.32 Å². The molecule has 228 valence electrons. The molecule has 0 spiro atoms. The number of nitrogens with zero attached hydrogens (tertiary/aromatic N) is 3. The molecule has 1 N–H and O–H groups in total. The first-order valence-electron chi connectivity index (χ1n) is 14.2. The second kappa shape index (κ2) is 11.8. The molecule has 0 radical (unpaired) electrons. The minimum absolute atomic E-state index is 0.186. The van der Waals surface area contributed by atoms with E-state index in [-0.39, 0.29) is 16.3 Å². The number of anilines is 1. The molecule has 1 saturated heterocycles. The van der Waals surface area contributed by atoms with Gasteiger partial charge in [-0.3, -0.25) is 4.90 Å². The lowest BCUT2D eigenvalue weighted by Crippen LogP contribution is -2.52. The Kier molecular flexibility index (Phi) is 8.68. The van der Waals surface area contributed by atoms with Gasteiger partial charge in [0.05, 0.1) is 10.5 Å². The number of benzene rings is 2. The van der Waals surface area contributed by atoms with E-state index in [0.717, 1.165) is 25.0 Å². The second-order valence-electron chi connectivity index (χ2n) is 11.9. The van der Waals surface area contributed by atoms with Crippen molar-refractivity contribution in [2.75, 3.05) is 51.1 Å². The monoisotopic (exact) mass is 624 g/mol. The Morgan fingerprint density at radius 3 is 2.26 bits per heavy atom. The van der Waals surface area contributed by atoms with Crippen LogP contribution in [0.5, 0.6) is 0 Å². The van der Waals surface area contributed by atoms with Crippen molar-refractivity contribution in [1.29, 1.82) is 0 Å². The van der Waals surface area contributed by atoms with Gasteiger partial charge in [-0.25, -0.2) is 13.2 Å². The Hall–Kier alpha value is -2.60. The van der Waals surface area contributed by atoms with Crippen molar-refractivity contribution in [3.05, 3.63) is 70.8 Å². The van der Waals surface area contributed by atoms with E-state index in [1.54, 1.807) is 17.0 Å². The van der Waals surface area contributed by atoms with Crippen LogP contribution in [0.25, 0.3) is 0 Å². The normalized spacial score (nSPS) is 22.7. The highest BCUT2D eigenvalue weighted by Gasteiger charge is 2.51. The summed E-state index contributed by atoms with van der Waals surface area (Å²) < 4.78 is 66.5. The lowest BCUT2D eigenvalue weighted by Gasteiger charge is -2.57. The average Bonchev–Trinajstić information content (AvgIpc) is 2.95. The van der Waals surface area contributed by atoms with E-state index >= 15 is 0 Å². The molecule has 2 unspecified atom stereocenters. The third-order valence-electron chi connectivity index (χ3n) is 9.18. The smallest absolute Gasteiger partial charge is 0.319 e. The highest BCUT2D eigenvalue weighted by atomic mass is 35.5. The SMILES string of the molecule is CC1(C)C2CC=C(CN(CCN3CCN(S(=O)(=O)c4ccc(Cl)cc4)CC3)C(=O)Nc3ccc(C(F)(F)F)cc3)C1C2. The number of alkyl halides is 3. The van der Waals surface area contributed by atoms with E-state index in [9.17, 15) is 26.4 Å². The number of piperazine rings is 1. The van der Waals surface area contributed by atoms with E-state index in [0.29, 0.717) is 68.4 Å². The number of allylic oxidation sites excluding steroid dienone is 1. The lowest BCUT2D eigenvalue weighted by atomic mass is 9.49. The highest BCUT2D eigenvalue weighted by Crippen LogP contribution is 2.59. The first-order valence-corrected chi connectivity index (χ1v) is 16.0. The Bertz CT molecular complexity index is 1420. The number of nitrogens with one attached hydrogen (secondary N) is 1. The van der Waals surface area contributed by atoms with Gasteiger partial charge in [0.15, 0.2) is 0 Å². The molecule has 42 heavy (non-hydrogen) atoms. The predicted molar refractivity (Wildman–Crippen MR) is 157 cm³/mol. The first kappa shape index (κ1) is 30.8. The van der Waals surface area contributed by atoms with Gasteiger partial charge in [0.25, 0.3) is 0 Å². The molecule has 12 heteroatoms. The van der Waals surface area contributed by atoms with Crippen LogP contribution in [0, 0.1) is 17.3 Å². The number of hydrogen-bond acceptors (Lipinski definition) is 4. The molecule has 2 fully saturated rings. The van der Waals surface area contributed by atoms with E-state index in [1.807, 2.05) is 0 Å². The molecule has 2 bridgehead atoms. The van der Waals surface area contributed by atoms with Crippen molar-refractivity contribution in [1.82, 2.24) is 14.1 Å². The summed E-state index contributed by atoms with van der Waals surface area (Å²) >= 11 is 5.91. The van der Waals surface area contributed by atoms with Crippen LogP contribution in [0.1, 0.15) is 32.3 Å². The molecule has 3 aliphatic carbocycles. The number of rotatable bonds is 8. The highest BCUT2D eigenvalue weighted by molar-refractivity contribution is 7.89. The molecule has 2 aromatic carbocycles. The zero-order valence-corrected chi connectivity index (χ0v) is 25.3. The van der Waals surface area contributed by atoms with Gasteiger partial charge in [-0.2, -0.15) is 17.5 Å². The summed E-state index contributed by atoms with van der Waals surface area (Å²) in [5.41, 5.74) is 0.930. The fraction of sp³-hybridized carbons (Fsp3) is 0.500. The Morgan fingerprint density at radius 2 is 1.69 bits per heavy atom. The molecule has 2 amide bonds. The van der Waals surface area contributed by atoms with Crippen LogP contribution in [0.4, 0.5) is 23.7 Å². The van der Waals surface area contributed by atoms with Crippen molar-refractivity contribution in [2.45, 2.75) is 37.8 Å². The summed E-state index contributed by atoms with van der Waals surface area (Å²) in [6.07, 6.45) is -0.120. The third-order valence-corrected chi connectivity index (χ3v) is 11.3. The molecule has 7 nitrogen and oxygen atoms in total. The van der Waals surface area contributed by atoms with E-state index < -0.39 is 21.8 Å². The quantitative estimate of drug-likeness (QED) is 0.356. The molecule has 0 aromatic heterocycles. The van der Waals surface area contributed by atoms with E-state index in [1.165, 1.54) is 34.1 Å². The summed E-state index contributed by atoms with van der Waals surface area (Å²) in [5.74, 6) is 1.06. The molecule has 1 heterocycles. The van der Waals surface area contributed by atoms with Crippen LogP contribution >= 0.6 is 11.6 Å². The number of carbonyl (C=O) groups excluding carboxylic acids is 1. The van der Waals surface area contributed by atoms with Gasteiger partial charge >= 0.3 is 12.2 Å². The first-order chi connectivity index (χ1) is 19.7. The van der Waals surface area contributed by atoms with Crippen molar-refractivity contribution >= 4 is 33.3 Å². The average molecular weight is 625 g/mol. The van der Waals surface area contributed by atoms with Crippen LogP contribution in [0.2, 0.25) is 5.02 Å². The van der Waals surface area contributed by atoms with Crippen LogP contribution in [0.3, 0.4) is 0 Å². The molecular formula is C30H36ClF3N4O3S. The fourth-order valence-corrected chi connectivity index (χ4v) is 7.83. The standard InChI is InChI=1S/C30H36ClF3N4O3S/c1-29(2)23-4-3-21(27(29)19-23)20-37(28(39)35-25-9-5-22(6-10-25)30(32,33)34)16-13-36-14-17-38(18-15-36)42(40,41)26-11-7-24(31)8-12-26/h3,5-12,23,27H,4,13-20H2,1-2H3,(H,35,39). The zero-order valence-electron chi connectivity index (χ0n) is 23.7. The Labute approximate surface area is 250 Å². The van der Waals surface area contributed by atoms with Gasteiger partial charge in [-0.15, -0.1) is 0 Å². The number of sulfonamides is 1. The van der Waals surface area contributed by atoms with Crippen LogP contribution in [-0.2, 0) is 16.2 Å². The van der Waals surface area contributed by atoms with Gasteiger partial charge < -0.3 is 10.2 Å². The van der Waals surface area contributed by atoms with Crippen molar-refractivity contribution in [2.24, 2.45) is 17.3 Å². The van der Waals surface area contributed by atoms with Gasteiger partial charge in [0, 0.05) is 56.5 Å². The summed E-state index contributed by atoms with van der Waals surface area (Å²) in [4.78, 5) is 17.5. The summed E-state index contributed by atoms with van der Waals surface area (Å²) in [6.45, 7) is 7.59. The number of halogens is 4. The Morgan fingerprint density at radius 1 is 1.05 bits per heavy atom. The number of carbonyl (C=O) groups is 1. The third kappa shape index (κ3) is 6.49. The minimum Gasteiger partial charge on any atom is -0.319 e. The molecule has 6 rings (SSSR count). The fourth-order valence-electron chi connectivity index (χ4n) is 6.28. The molecule has 2 atom stereocenters. The Balaban J connectivity index is 1.23. The van der Waals surface area contributed by atoms with E-state index in [4.69, 9.17) is 11.6 Å². The number of hydrogen-bond donors (Lipinski definition) is 1. The molecule has 1 aliphatic heterocycles. The van der Waals surface area contributed by atoms with Crippen molar-refractivity contribution in [3.8, 4) is 0 Å². The lowest BCUT2D eigenvalue weighted by molar-refractivity contribution is -0.137. The van der Waals surface area contributed by atoms with E-state index in [2.05, 4.69) is 30.1 Å². The number of fused-ring (bicyclic) bond motifs is 1. The molecule has 2 aromatic rings. The minimum atomic E-state index is -4.45. The van der Waals surface area contributed by atoms with Crippen LogP contribution in [0.15, 0.2) is 65.1 Å². The van der Waals surface area contributed by atoms with Crippen molar-refractivity contribution in [3.63, 3.8) is 0 Å². The maximum absolute atomic E-state index is 13.4. The maximum Gasteiger partial charge on any atom is 0.416 e. The molecular weight excluding hydrogens is 589 g/mol. The van der Waals surface area contributed by atoms with Gasteiger partial charge in [-0.1, -0.05) is 37.1 Å².